The van der Waals surface area contributed by atoms with Gasteiger partial charge < -0.3 is 20.5 Å². The van der Waals surface area contributed by atoms with Gasteiger partial charge in [0.15, 0.2) is 0 Å². The molecule has 2 amide bonds. The van der Waals surface area contributed by atoms with E-state index in [2.05, 4.69) is 34.9 Å². The number of nitrogens with one attached hydrogen (secondary N) is 2. The van der Waals surface area contributed by atoms with Crippen LogP contribution in [0.1, 0.15) is 47.2 Å². The van der Waals surface area contributed by atoms with Crippen LogP contribution in [-0.4, -0.2) is 35.7 Å². The first-order chi connectivity index (χ1) is 16.9. The molecule has 0 bridgehead atoms. The summed E-state index contributed by atoms with van der Waals surface area (Å²) in [5.41, 5.74) is 4.79. The highest BCUT2D eigenvalue weighted by Gasteiger charge is 2.29. The van der Waals surface area contributed by atoms with Crippen LogP contribution in [0.3, 0.4) is 0 Å². The molecule has 180 valence electrons. The molecule has 0 spiro atoms. The average molecular weight is 584 g/mol. The van der Waals surface area contributed by atoms with E-state index < -0.39 is 18.1 Å². The van der Waals surface area contributed by atoms with Gasteiger partial charge in [0.1, 0.15) is 6.61 Å². The minimum atomic E-state index is -1.12. The van der Waals surface area contributed by atoms with Gasteiger partial charge in [-0.05, 0) is 69.5 Å². The lowest BCUT2D eigenvalue weighted by Crippen LogP contribution is -2.38. The second-order valence-electron chi connectivity index (χ2n) is 8.32. The molecule has 0 aliphatic heterocycles. The Morgan fingerprint density at radius 3 is 2.23 bits per heavy atom. The number of benzene rings is 3. The van der Waals surface area contributed by atoms with Crippen LogP contribution in [0, 0.1) is 3.57 Å². The fraction of sp³-hybridized carbons (Fsp3) is 0.222. The number of alkyl carbamates (subject to hydrolysis) is 1. The summed E-state index contributed by atoms with van der Waals surface area (Å²) in [7, 11) is 0. The van der Waals surface area contributed by atoms with E-state index in [-0.39, 0.29) is 36.1 Å². The Labute approximate surface area is 217 Å². The number of carboxylic acids is 1. The molecule has 0 radical (unpaired) electrons. The van der Waals surface area contributed by atoms with Crippen molar-refractivity contribution in [3.05, 3.63) is 87.0 Å². The van der Waals surface area contributed by atoms with Gasteiger partial charge in [0, 0.05) is 22.0 Å². The first-order valence-corrected chi connectivity index (χ1v) is 12.4. The number of anilines is 1. The Balaban J connectivity index is 1.35. The number of carbonyl (C=O) groups is 3. The molecule has 35 heavy (non-hydrogen) atoms. The number of hydrogen-bond acceptors (Lipinski definition) is 4. The average Bonchev–Trinajstić information content (AvgIpc) is 3.17. The highest BCUT2D eigenvalue weighted by atomic mass is 127. The molecule has 1 aliphatic rings. The first kappa shape index (κ1) is 24.7. The number of carbonyl (C=O) groups excluding carboxylic acids is 2. The molecular formula is C27H25IN2O5. The summed E-state index contributed by atoms with van der Waals surface area (Å²) in [6.45, 7) is 2.04. The van der Waals surface area contributed by atoms with E-state index in [1.165, 1.54) is 6.07 Å². The van der Waals surface area contributed by atoms with Crippen molar-refractivity contribution in [3.8, 4) is 11.1 Å². The highest BCUT2D eigenvalue weighted by molar-refractivity contribution is 14.1. The van der Waals surface area contributed by atoms with Crippen LogP contribution in [0.15, 0.2) is 66.7 Å². The van der Waals surface area contributed by atoms with Crippen molar-refractivity contribution in [2.24, 2.45) is 0 Å². The molecule has 4 rings (SSSR count). The van der Waals surface area contributed by atoms with E-state index >= 15 is 0 Å². The normalized spacial score (nSPS) is 12.9. The van der Waals surface area contributed by atoms with Crippen molar-refractivity contribution >= 4 is 46.2 Å². The molecule has 0 saturated carbocycles. The summed E-state index contributed by atoms with van der Waals surface area (Å²) in [5, 5.41) is 14.8. The quantitative estimate of drug-likeness (QED) is 0.298. The number of aromatic carboxylic acids is 1. The molecule has 3 aromatic rings. The van der Waals surface area contributed by atoms with Crippen molar-refractivity contribution in [1.82, 2.24) is 5.32 Å². The Morgan fingerprint density at radius 1 is 1.00 bits per heavy atom. The zero-order chi connectivity index (χ0) is 24.9. The Hall–Kier alpha value is -3.40. The predicted molar refractivity (Wildman–Crippen MR) is 142 cm³/mol. The van der Waals surface area contributed by atoms with Crippen LogP contribution in [0.25, 0.3) is 11.1 Å². The van der Waals surface area contributed by atoms with Crippen LogP contribution < -0.4 is 10.6 Å². The lowest BCUT2D eigenvalue weighted by molar-refractivity contribution is -0.116. The molecule has 8 heteroatoms. The SMILES string of the molecule is CC[C@H](CC(=O)Nc1ccc(I)cc1C(=O)O)NC(=O)OCC1c2ccccc2-c2ccccc21. The molecule has 1 aliphatic carbocycles. The summed E-state index contributed by atoms with van der Waals surface area (Å²) >= 11 is 2.01. The number of fused-ring (bicyclic) bond motifs is 3. The van der Waals surface area contributed by atoms with Gasteiger partial charge in [-0.25, -0.2) is 9.59 Å². The molecule has 0 heterocycles. The number of amides is 2. The maximum absolute atomic E-state index is 12.6. The second-order valence-corrected chi connectivity index (χ2v) is 9.57. The molecule has 0 unspecified atom stereocenters. The summed E-state index contributed by atoms with van der Waals surface area (Å²) in [6, 6.07) is 20.5. The summed E-state index contributed by atoms with van der Waals surface area (Å²) < 4.78 is 6.33. The van der Waals surface area contributed by atoms with Gasteiger partial charge in [-0.15, -0.1) is 0 Å². The summed E-state index contributed by atoms with van der Waals surface area (Å²) in [5.74, 6) is -1.56. The van der Waals surface area contributed by atoms with Gasteiger partial charge in [0.05, 0.1) is 11.3 Å². The van der Waals surface area contributed by atoms with E-state index in [1.807, 2.05) is 53.8 Å². The molecular weight excluding hydrogens is 559 g/mol. The van der Waals surface area contributed by atoms with Crippen molar-refractivity contribution in [1.29, 1.82) is 0 Å². The molecule has 3 N–H and O–H groups in total. The van der Waals surface area contributed by atoms with E-state index in [9.17, 15) is 19.5 Å². The van der Waals surface area contributed by atoms with Crippen molar-refractivity contribution in [2.75, 3.05) is 11.9 Å². The lowest BCUT2D eigenvalue weighted by atomic mass is 9.98. The van der Waals surface area contributed by atoms with Gasteiger partial charge in [-0.3, -0.25) is 4.79 Å². The van der Waals surface area contributed by atoms with E-state index in [4.69, 9.17) is 4.74 Å². The van der Waals surface area contributed by atoms with E-state index in [0.717, 1.165) is 25.8 Å². The third-order valence-corrected chi connectivity index (χ3v) is 6.75. The van der Waals surface area contributed by atoms with Crippen molar-refractivity contribution in [3.63, 3.8) is 0 Å². The van der Waals surface area contributed by atoms with Crippen LogP contribution >= 0.6 is 22.6 Å². The van der Waals surface area contributed by atoms with Gasteiger partial charge >= 0.3 is 12.1 Å². The predicted octanol–water partition coefficient (Wildman–Crippen LogP) is 5.64. The first-order valence-electron chi connectivity index (χ1n) is 11.3. The molecule has 7 nitrogen and oxygen atoms in total. The van der Waals surface area contributed by atoms with Crippen LogP contribution in [0.2, 0.25) is 0 Å². The third-order valence-electron chi connectivity index (χ3n) is 6.08. The fourth-order valence-electron chi connectivity index (χ4n) is 4.33. The van der Waals surface area contributed by atoms with Crippen molar-refractivity contribution in [2.45, 2.75) is 31.7 Å². The Bertz CT molecular complexity index is 1230. The summed E-state index contributed by atoms with van der Waals surface area (Å²) in [6.07, 6.45) is -0.0889. The monoisotopic (exact) mass is 584 g/mol. The lowest BCUT2D eigenvalue weighted by Gasteiger charge is -2.19. The zero-order valence-corrected chi connectivity index (χ0v) is 21.2. The second kappa shape index (κ2) is 10.9. The smallest absolute Gasteiger partial charge is 0.407 e. The Kier molecular flexibility index (Phi) is 7.70. The van der Waals surface area contributed by atoms with Crippen LogP contribution in [0.4, 0.5) is 10.5 Å². The van der Waals surface area contributed by atoms with Gasteiger partial charge in [-0.1, -0.05) is 55.5 Å². The number of halogens is 1. The molecule has 3 aromatic carbocycles. The summed E-state index contributed by atoms with van der Waals surface area (Å²) in [4.78, 5) is 36.6. The van der Waals surface area contributed by atoms with E-state index in [1.54, 1.807) is 12.1 Å². The Morgan fingerprint density at radius 2 is 1.63 bits per heavy atom. The van der Waals surface area contributed by atoms with Crippen LogP contribution in [0.5, 0.6) is 0 Å². The maximum Gasteiger partial charge on any atom is 0.407 e. The standard InChI is InChI=1S/C27H25IN2O5/c1-2-17(14-25(31)30-24-12-11-16(28)13-22(24)26(32)33)29-27(34)35-15-23-20-9-5-3-7-18(20)19-8-4-6-10-21(19)23/h3-13,17,23H,2,14-15H2,1H3,(H,29,34)(H,30,31)(H,32,33)/t17-/m1/s1. The van der Waals surface area contributed by atoms with E-state index in [0.29, 0.717) is 6.42 Å². The number of rotatable bonds is 8. The molecule has 0 saturated heterocycles. The molecule has 0 aromatic heterocycles. The van der Waals surface area contributed by atoms with Crippen LogP contribution in [-0.2, 0) is 9.53 Å². The minimum Gasteiger partial charge on any atom is -0.478 e. The van der Waals surface area contributed by atoms with Gasteiger partial charge in [0.2, 0.25) is 5.91 Å². The maximum atomic E-state index is 12.6. The zero-order valence-electron chi connectivity index (χ0n) is 19.1. The molecule has 1 atom stereocenters. The largest absolute Gasteiger partial charge is 0.478 e. The fourth-order valence-corrected chi connectivity index (χ4v) is 4.82. The van der Waals surface area contributed by atoms with Gasteiger partial charge in [-0.2, -0.15) is 0 Å². The van der Waals surface area contributed by atoms with Gasteiger partial charge in [0.25, 0.3) is 0 Å². The van der Waals surface area contributed by atoms with Crippen molar-refractivity contribution < 1.29 is 24.2 Å². The minimum absolute atomic E-state index is 0.00819. The topological polar surface area (TPSA) is 105 Å². The number of hydrogen-bond donors (Lipinski definition) is 3. The third kappa shape index (κ3) is 5.64. The number of carboxylic acid groups (broad SMARTS) is 1. The molecule has 0 fully saturated rings. The highest BCUT2D eigenvalue weighted by Crippen LogP contribution is 2.44. The number of ether oxygens (including phenoxy) is 1.